The number of nitrogens with zero attached hydrogens (tertiary/aromatic N) is 4. The number of benzene rings is 3. The molecule has 2 amide bonds. The van der Waals surface area contributed by atoms with Crippen LogP contribution in [-0.2, 0) is 21.5 Å². The molecular weight excluding hydrogens is 484 g/mol. The summed E-state index contributed by atoms with van der Waals surface area (Å²) in [5.41, 5.74) is 3.17. The molecule has 3 aromatic carbocycles. The van der Waals surface area contributed by atoms with Crippen molar-refractivity contribution >= 4 is 29.2 Å². The zero-order chi connectivity index (χ0) is 26.4. The summed E-state index contributed by atoms with van der Waals surface area (Å²) < 4.78 is 6.95. The van der Waals surface area contributed by atoms with Gasteiger partial charge in [-0.3, -0.25) is 19.1 Å². The van der Waals surface area contributed by atoms with Crippen molar-refractivity contribution in [2.45, 2.75) is 19.1 Å². The quantitative estimate of drug-likeness (QED) is 0.229. The number of esters is 1. The second kappa shape index (κ2) is 9.28. The molecule has 9 nitrogen and oxygen atoms in total. The number of hydroxylamine groups is 1. The number of anilines is 2. The Kier molecular flexibility index (Phi) is 5.77. The molecule has 9 heteroatoms. The predicted molar refractivity (Wildman–Crippen MR) is 138 cm³/mol. The Bertz CT molecular complexity index is 1530. The summed E-state index contributed by atoms with van der Waals surface area (Å²) in [4.78, 5) is 47.3. The number of imide groups is 1. The van der Waals surface area contributed by atoms with Crippen molar-refractivity contribution in [2.75, 3.05) is 9.96 Å². The van der Waals surface area contributed by atoms with E-state index in [4.69, 9.17) is 9.57 Å². The van der Waals surface area contributed by atoms with E-state index < -0.39 is 24.0 Å². The van der Waals surface area contributed by atoms with Crippen LogP contribution in [-0.4, -0.2) is 33.7 Å². The van der Waals surface area contributed by atoms with Crippen LogP contribution >= 0.6 is 0 Å². The number of aromatic nitrogens is 2. The summed E-state index contributed by atoms with van der Waals surface area (Å²) in [6.07, 6.45) is 0.559. The van der Waals surface area contributed by atoms with Crippen molar-refractivity contribution in [2.24, 2.45) is 13.0 Å². The summed E-state index contributed by atoms with van der Waals surface area (Å²) in [6, 6.07) is 24.6. The fraction of sp³-hybridized carbons (Fsp3) is 0.172. The summed E-state index contributed by atoms with van der Waals surface area (Å²) in [5.74, 6) is -1.65. The van der Waals surface area contributed by atoms with Gasteiger partial charge in [-0.2, -0.15) is 5.10 Å². The van der Waals surface area contributed by atoms with Crippen LogP contribution in [0.25, 0.3) is 0 Å². The van der Waals surface area contributed by atoms with E-state index in [9.17, 15) is 14.4 Å². The van der Waals surface area contributed by atoms with Gasteiger partial charge in [0.15, 0.2) is 6.10 Å². The molecule has 0 saturated carbocycles. The van der Waals surface area contributed by atoms with Crippen LogP contribution < -0.4 is 14.7 Å². The minimum absolute atomic E-state index is 0.315. The van der Waals surface area contributed by atoms with Gasteiger partial charge in [-0.05, 0) is 54.4 Å². The highest BCUT2D eigenvalue weighted by Gasteiger charge is 2.60. The molecule has 3 heterocycles. The lowest BCUT2D eigenvalue weighted by Gasteiger charge is -2.29. The van der Waals surface area contributed by atoms with Gasteiger partial charge in [0.05, 0.1) is 17.4 Å². The highest BCUT2D eigenvalue weighted by molar-refractivity contribution is 6.24. The summed E-state index contributed by atoms with van der Waals surface area (Å²) in [7, 11) is 1.66. The van der Waals surface area contributed by atoms with Crippen LogP contribution in [0, 0.1) is 12.8 Å². The van der Waals surface area contributed by atoms with E-state index in [0.717, 1.165) is 16.8 Å². The van der Waals surface area contributed by atoms with Crippen LogP contribution in [0.5, 0.6) is 5.75 Å². The lowest BCUT2D eigenvalue weighted by Crippen LogP contribution is -2.37. The van der Waals surface area contributed by atoms with Gasteiger partial charge in [0.25, 0.3) is 5.91 Å². The van der Waals surface area contributed by atoms with Crippen LogP contribution in [0.1, 0.15) is 27.7 Å². The van der Waals surface area contributed by atoms with Crippen molar-refractivity contribution in [1.29, 1.82) is 0 Å². The minimum atomic E-state index is -0.963. The third-order valence-electron chi connectivity index (χ3n) is 6.94. The van der Waals surface area contributed by atoms with E-state index in [2.05, 4.69) is 5.10 Å². The molecule has 1 aromatic heterocycles. The second-order valence-corrected chi connectivity index (χ2v) is 9.25. The maximum atomic E-state index is 13.8. The van der Waals surface area contributed by atoms with Crippen molar-refractivity contribution in [1.82, 2.24) is 9.78 Å². The number of hydrogen-bond donors (Lipinski definition) is 0. The van der Waals surface area contributed by atoms with Gasteiger partial charge < -0.3 is 4.74 Å². The lowest BCUT2D eigenvalue weighted by atomic mass is 9.90. The van der Waals surface area contributed by atoms with Crippen LogP contribution in [0.4, 0.5) is 11.4 Å². The molecular formula is C29H24N4O5. The Hall–Kier alpha value is -4.76. The molecule has 2 aliphatic rings. The zero-order valence-corrected chi connectivity index (χ0v) is 20.7. The van der Waals surface area contributed by atoms with E-state index in [-0.39, 0.29) is 11.8 Å². The molecule has 38 heavy (non-hydrogen) atoms. The second-order valence-electron chi connectivity index (χ2n) is 9.25. The minimum Gasteiger partial charge on any atom is -0.422 e. The van der Waals surface area contributed by atoms with E-state index >= 15 is 0 Å². The summed E-state index contributed by atoms with van der Waals surface area (Å²) in [5, 5.41) is 5.63. The van der Waals surface area contributed by atoms with E-state index in [1.165, 1.54) is 15.8 Å². The van der Waals surface area contributed by atoms with E-state index in [1.807, 2.05) is 49.4 Å². The number of carbonyl (C=O) groups excluding carboxylic acids is 3. The number of carbonyl (C=O) groups is 3. The summed E-state index contributed by atoms with van der Waals surface area (Å²) in [6.45, 7) is 1.87. The van der Waals surface area contributed by atoms with E-state index in [0.29, 0.717) is 17.1 Å². The molecule has 190 valence electrons. The van der Waals surface area contributed by atoms with Gasteiger partial charge >= 0.3 is 5.97 Å². The van der Waals surface area contributed by atoms with Gasteiger partial charge in [0, 0.05) is 13.2 Å². The molecule has 2 aliphatic heterocycles. The third-order valence-corrected chi connectivity index (χ3v) is 6.94. The molecule has 0 unspecified atom stereocenters. The number of hydrogen-bond acceptors (Lipinski definition) is 7. The molecule has 0 spiro atoms. The molecule has 3 atom stereocenters. The molecule has 0 bridgehead atoms. The highest BCUT2D eigenvalue weighted by atomic mass is 16.7. The molecule has 2 fully saturated rings. The topological polar surface area (TPSA) is 94.0 Å². The number of ether oxygens (including phenoxy) is 1. The van der Waals surface area contributed by atoms with Crippen LogP contribution in [0.15, 0.2) is 91.1 Å². The molecule has 0 aliphatic carbocycles. The van der Waals surface area contributed by atoms with Crippen LogP contribution in [0.2, 0.25) is 0 Å². The Morgan fingerprint density at radius 3 is 2.29 bits per heavy atom. The Labute approximate surface area is 218 Å². The van der Waals surface area contributed by atoms with Gasteiger partial charge in [0.2, 0.25) is 5.91 Å². The predicted octanol–water partition coefficient (Wildman–Crippen LogP) is 4.00. The first-order valence-corrected chi connectivity index (χ1v) is 12.2. The van der Waals surface area contributed by atoms with Gasteiger partial charge in [-0.25, -0.2) is 14.8 Å². The molecule has 6 rings (SSSR count). The monoisotopic (exact) mass is 508 g/mol. The number of amides is 2. The fourth-order valence-corrected chi connectivity index (χ4v) is 5.07. The Morgan fingerprint density at radius 1 is 0.895 bits per heavy atom. The fourth-order valence-electron chi connectivity index (χ4n) is 5.07. The van der Waals surface area contributed by atoms with Gasteiger partial charge in [-0.15, -0.1) is 0 Å². The lowest BCUT2D eigenvalue weighted by molar-refractivity contribution is -0.126. The van der Waals surface area contributed by atoms with Crippen molar-refractivity contribution in [3.8, 4) is 5.75 Å². The zero-order valence-electron chi connectivity index (χ0n) is 20.7. The Balaban J connectivity index is 1.34. The molecule has 2 saturated heterocycles. The average Bonchev–Trinajstić information content (AvgIpc) is 3.60. The number of aryl methyl sites for hydroxylation is 2. The van der Waals surface area contributed by atoms with Gasteiger partial charge in [-0.1, -0.05) is 48.5 Å². The molecule has 0 N–H and O–H groups in total. The van der Waals surface area contributed by atoms with Crippen LogP contribution in [0.3, 0.4) is 0 Å². The maximum Gasteiger partial charge on any atom is 0.361 e. The largest absolute Gasteiger partial charge is 0.422 e. The number of para-hydroxylation sites is 2. The smallest absolute Gasteiger partial charge is 0.361 e. The summed E-state index contributed by atoms with van der Waals surface area (Å²) >= 11 is 0. The normalized spacial score (nSPS) is 20.6. The number of fused-ring (bicyclic) bond motifs is 1. The highest BCUT2D eigenvalue weighted by Crippen LogP contribution is 2.48. The SMILES string of the molecule is Cc1ccccc1N1C(=O)[C@@H]2[C@@H](ON(c3ccccc3)[C@H]2c2ccc(OC(=O)c3ccnn3C)cc2)C1=O. The van der Waals surface area contributed by atoms with Crippen molar-refractivity contribution in [3.05, 3.63) is 108 Å². The maximum absolute atomic E-state index is 13.8. The average molecular weight is 509 g/mol. The van der Waals surface area contributed by atoms with Crippen molar-refractivity contribution < 1.29 is 24.0 Å². The van der Waals surface area contributed by atoms with E-state index in [1.54, 1.807) is 54.6 Å². The first kappa shape index (κ1) is 23.6. The first-order chi connectivity index (χ1) is 18.4. The molecule has 4 aromatic rings. The van der Waals surface area contributed by atoms with Crippen molar-refractivity contribution in [3.63, 3.8) is 0 Å². The molecule has 0 radical (unpaired) electrons. The number of rotatable bonds is 5. The third kappa shape index (κ3) is 3.84. The van der Waals surface area contributed by atoms with Gasteiger partial charge in [0.1, 0.15) is 17.4 Å². The Morgan fingerprint density at radius 2 is 1.61 bits per heavy atom. The standard InChI is InChI=1S/C29H24N4O5/c1-18-8-6-7-11-22(18)32-27(34)24-25(33(38-26(24)28(32)35)20-9-4-3-5-10-20)19-12-14-21(15-13-19)37-29(36)23-16-17-30-31(23)2/h3-17,24-26H,1-2H3/t24-,25-,26+/m0/s1. The first-order valence-electron chi connectivity index (χ1n) is 12.2.